The van der Waals surface area contributed by atoms with Crippen molar-refractivity contribution in [1.29, 1.82) is 0 Å². The minimum atomic E-state index is -3.44. The molecule has 3 aromatic rings. The molecule has 0 aliphatic heterocycles. The van der Waals surface area contributed by atoms with Gasteiger partial charge in [0, 0.05) is 30.3 Å². The van der Waals surface area contributed by atoms with Gasteiger partial charge in [0.2, 0.25) is 10.0 Å². The lowest BCUT2D eigenvalue weighted by atomic mass is 9.77. The van der Waals surface area contributed by atoms with E-state index in [1.165, 1.54) is 12.1 Å². The number of hydrogen-bond donors (Lipinski definition) is 1. The Hall–Kier alpha value is -2.77. The molecule has 174 valence electrons. The zero-order valence-electron chi connectivity index (χ0n) is 19.1. The summed E-state index contributed by atoms with van der Waals surface area (Å²) in [6, 6.07) is 14.4. The van der Waals surface area contributed by atoms with Gasteiger partial charge in [-0.15, -0.1) is 0 Å². The Morgan fingerprint density at radius 1 is 1.12 bits per heavy atom. The third kappa shape index (κ3) is 5.25. The zero-order valence-corrected chi connectivity index (χ0v) is 20.0. The molecule has 1 aliphatic rings. The van der Waals surface area contributed by atoms with E-state index in [2.05, 4.69) is 4.72 Å². The van der Waals surface area contributed by atoms with Gasteiger partial charge in [-0.3, -0.25) is 4.79 Å². The molecule has 1 heterocycles. The van der Waals surface area contributed by atoms with Crippen molar-refractivity contribution >= 4 is 10.0 Å². The second kappa shape index (κ2) is 9.23. The number of aromatic nitrogens is 1. The van der Waals surface area contributed by atoms with Crippen LogP contribution in [0.25, 0.3) is 11.1 Å². The van der Waals surface area contributed by atoms with E-state index in [0.717, 1.165) is 34.1 Å². The highest BCUT2D eigenvalue weighted by atomic mass is 32.2. The molecule has 0 bridgehead atoms. The molecule has 33 heavy (non-hydrogen) atoms. The Balaban J connectivity index is 1.77. The molecule has 0 saturated carbocycles. The predicted octanol–water partition coefficient (Wildman–Crippen LogP) is 4.17. The summed E-state index contributed by atoms with van der Waals surface area (Å²) in [6.45, 7) is 4.33. The number of sulfonamides is 1. The molecule has 1 N–H and O–H groups in total. The van der Waals surface area contributed by atoms with E-state index in [4.69, 9.17) is 0 Å². The number of aryl methyl sites for hydroxylation is 3. The SMILES string of the molecule is CCn1ccc2c(c1=O)[C@@H](Cc1cccc(-c3cc(C)cc(F)c3)c1)[C@@H](NS(C)(=O)=O)CC2. The highest BCUT2D eigenvalue weighted by molar-refractivity contribution is 7.88. The summed E-state index contributed by atoms with van der Waals surface area (Å²) >= 11 is 0. The summed E-state index contributed by atoms with van der Waals surface area (Å²) in [6.07, 6.45) is 4.76. The lowest BCUT2D eigenvalue weighted by Gasteiger charge is -2.33. The van der Waals surface area contributed by atoms with E-state index < -0.39 is 10.0 Å². The molecule has 0 saturated heterocycles. The number of hydrogen-bond acceptors (Lipinski definition) is 3. The van der Waals surface area contributed by atoms with E-state index in [9.17, 15) is 17.6 Å². The molecular formula is C26H29FN2O3S. The maximum Gasteiger partial charge on any atom is 0.254 e. The quantitative estimate of drug-likeness (QED) is 0.590. The minimum absolute atomic E-state index is 0.0584. The number of rotatable bonds is 6. The highest BCUT2D eigenvalue weighted by Crippen LogP contribution is 2.34. The van der Waals surface area contributed by atoms with E-state index in [-0.39, 0.29) is 23.3 Å². The first-order valence-electron chi connectivity index (χ1n) is 11.2. The smallest absolute Gasteiger partial charge is 0.254 e. The maximum atomic E-state index is 14.0. The lowest BCUT2D eigenvalue weighted by Crippen LogP contribution is -2.45. The summed E-state index contributed by atoms with van der Waals surface area (Å²) in [4.78, 5) is 13.3. The summed E-state index contributed by atoms with van der Waals surface area (Å²) in [7, 11) is -3.44. The molecule has 0 radical (unpaired) electrons. The van der Waals surface area contributed by atoms with Crippen LogP contribution in [0.5, 0.6) is 0 Å². The summed E-state index contributed by atoms with van der Waals surface area (Å²) in [5.74, 6) is -0.575. The van der Waals surface area contributed by atoms with Gasteiger partial charge in [-0.25, -0.2) is 17.5 Å². The van der Waals surface area contributed by atoms with E-state index >= 15 is 0 Å². The van der Waals surface area contributed by atoms with Gasteiger partial charge in [-0.05, 0) is 79.1 Å². The number of nitrogens with zero attached hydrogens (tertiary/aromatic N) is 1. The fraction of sp³-hybridized carbons (Fsp3) is 0.346. The Morgan fingerprint density at radius 3 is 2.61 bits per heavy atom. The van der Waals surface area contributed by atoms with Crippen LogP contribution in [-0.4, -0.2) is 25.3 Å². The first-order valence-corrected chi connectivity index (χ1v) is 13.1. The monoisotopic (exact) mass is 468 g/mol. The fourth-order valence-electron chi connectivity index (χ4n) is 4.90. The number of pyridine rings is 1. The second-order valence-electron chi connectivity index (χ2n) is 8.91. The topological polar surface area (TPSA) is 68.2 Å². The van der Waals surface area contributed by atoms with Crippen LogP contribution in [0.2, 0.25) is 0 Å². The van der Waals surface area contributed by atoms with Crippen LogP contribution in [0, 0.1) is 12.7 Å². The van der Waals surface area contributed by atoms with Gasteiger partial charge in [0.15, 0.2) is 0 Å². The third-order valence-corrected chi connectivity index (χ3v) is 7.07. The van der Waals surface area contributed by atoms with Gasteiger partial charge in [0.25, 0.3) is 5.56 Å². The van der Waals surface area contributed by atoms with E-state index in [0.29, 0.717) is 31.4 Å². The highest BCUT2D eigenvalue weighted by Gasteiger charge is 2.34. The average molecular weight is 469 g/mol. The molecular weight excluding hydrogens is 439 g/mol. The third-order valence-electron chi connectivity index (χ3n) is 6.34. The number of nitrogens with one attached hydrogen (secondary N) is 1. The molecule has 0 amide bonds. The normalized spacial score (nSPS) is 18.2. The van der Waals surface area contributed by atoms with Gasteiger partial charge in [0.1, 0.15) is 5.82 Å². The number of benzene rings is 2. The van der Waals surface area contributed by atoms with Gasteiger partial charge < -0.3 is 4.57 Å². The summed E-state index contributed by atoms with van der Waals surface area (Å²) in [5, 5.41) is 0. The molecule has 1 aromatic heterocycles. The summed E-state index contributed by atoms with van der Waals surface area (Å²) in [5.41, 5.74) is 5.11. The standard InChI is InChI=1S/C26H29FN2O3S/c1-4-29-11-10-19-8-9-24(28-33(3,31)32)23(25(19)26(29)30)15-18-6-5-7-20(14-18)21-12-17(2)13-22(27)16-21/h5-7,10-14,16,23-24,28H,4,8-9,15H2,1-3H3/t23-,24-/m0/s1. The van der Waals surface area contributed by atoms with Crippen LogP contribution >= 0.6 is 0 Å². The van der Waals surface area contributed by atoms with E-state index in [1.54, 1.807) is 4.57 Å². The van der Waals surface area contributed by atoms with Gasteiger partial charge in [0.05, 0.1) is 6.26 Å². The minimum Gasteiger partial charge on any atom is -0.316 e. The van der Waals surface area contributed by atoms with Crippen molar-refractivity contribution in [1.82, 2.24) is 9.29 Å². The van der Waals surface area contributed by atoms with Crippen LogP contribution in [-0.2, 0) is 29.4 Å². The van der Waals surface area contributed by atoms with Crippen LogP contribution < -0.4 is 10.3 Å². The van der Waals surface area contributed by atoms with Gasteiger partial charge in [-0.2, -0.15) is 0 Å². The molecule has 7 heteroatoms. The number of fused-ring (bicyclic) bond motifs is 1. The van der Waals surface area contributed by atoms with Crippen molar-refractivity contribution in [2.45, 2.75) is 51.6 Å². The van der Waals surface area contributed by atoms with Crippen LogP contribution in [0.1, 0.15) is 41.5 Å². The van der Waals surface area contributed by atoms with Gasteiger partial charge in [-0.1, -0.05) is 30.3 Å². The zero-order chi connectivity index (χ0) is 23.8. The molecule has 2 aromatic carbocycles. The lowest BCUT2D eigenvalue weighted by molar-refractivity contribution is 0.424. The van der Waals surface area contributed by atoms with Crippen molar-refractivity contribution in [3.05, 3.63) is 93.2 Å². The molecule has 4 rings (SSSR count). The molecule has 2 atom stereocenters. The Morgan fingerprint density at radius 2 is 1.91 bits per heavy atom. The van der Waals surface area contributed by atoms with E-state index in [1.807, 2.05) is 56.4 Å². The molecule has 5 nitrogen and oxygen atoms in total. The van der Waals surface area contributed by atoms with Crippen LogP contribution in [0.4, 0.5) is 4.39 Å². The Labute approximate surface area is 194 Å². The predicted molar refractivity (Wildman–Crippen MR) is 129 cm³/mol. The number of halogens is 1. The van der Waals surface area contributed by atoms with Crippen molar-refractivity contribution in [2.75, 3.05) is 6.26 Å². The van der Waals surface area contributed by atoms with Crippen LogP contribution in [0.15, 0.2) is 59.5 Å². The fourth-order valence-corrected chi connectivity index (χ4v) is 5.73. The Kier molecular flexibility index (Phi) is 6.54. The average Bonchev–Trinajstić information content (AvgIpc) is 2.74. The van der Waals surface area contributed by atoms with Gasteiger partial charge >= 0.3 is 0 Å². The molecule has 1 aliphatic carbocycles. The molecule has 0 fully saturated rings. The van der Waals surface area contributed by atoms with Crippen molar-refractivity contribution in [3.8, 4) is 11.1 Å². The largest absolute Gasteiger partial charge is 0.316 e. The summed E-state index contributed by atoms with van der Waals surface area (Å²) < 4.78 is 42.6. The first kappa shape index (κ1) is 23.4. The Bertz CT molecular complexity index is 1330. The first-order chi connectivity index (χ1) is 15.6. The maximum absolute atomic E-state index is 14.0. The van der Waals surface area contributed by atoms with Crippen molar-refractivity contribution in [3.63, 3.8) is 0 Å². The molecule has 0 unspecified atom stereocenters. The van der Waals surface area contributed by atoms with Crippen molar-refractivity contribution < 1.29 is 12.8 Å². The van der Waals surface area contributed by atoms with Crippen molar-refractivity contribution in [2.24, 2.45) is 0 Å². The van der Waals surface area contributed by atoms with Crippen LogP contribution in [0.3, 0.4) is 0 Å². The second-order valence-corrected chi connectivity index (χ2v) is 10.7. The molecule has 0 spiro atoms.